The van der Waals surface area contributed by atoms with Gasteiger partial charge in [-0.1, -0.05) is 0 Å². The molecule has 0 fully saturated rings. The zero-order valence-corrected chi connectivity index (χ0v) is 7.44. The van der Waals surface area contributed by atoms with E-state index in [4.69, 9.17) is 0 Å². The van der Waals surface area contributed by atoms with Gasteiger partial charge in [-0.3, -0.25) is 0 Å². The van der Waals surface area contributed by atoms with E-state index in [1.54, 1.807) is 0 Å². The molecule has 0 aliphatic heterocycles. The summed E-state index contributed by atoms with van der Waals surface area (Å²) in [6, 6.07) is 8.62. The van der Waals surface area contributed by atoms with Gasteiger partial charge in [0, 0.05) is 0 Å². The number of hydrogen-bond donors (Lipinski definition) is 0. The molecule has 0 nitrogen and oxygen atoms in total. The Balaban J connectivity index is 2.78. The zero-order chi connectivity index (χ0) is 7.40. The van der Waals surface area contributed by atoms with Gasteiger partial charge in [-0.15, -0.1) is 0 Å². The van der Waals surface area contributed by atoms with Crippen LogP contribution >= 0.6 is 0 Å². The van der Waals surface area contributed by atoms with E-state index in [1.807, 2.05) is 0 Å². The predicted molar refractivity (Wildman–Crippen MR) is 40.9 cm³/mol. The van der Waals surface area contributed by atoms with E-state index >= 15 is 0 Å². The first-order chi connectivity index (χ1) is 4.83. The summed E-state index contributed by atoms with van der Waals surface area (Å²) in [5.41, 5.74) is 2.71. The van der Waals surface area contributed by atoms with Crippen molar-refractivity contribution in [2.24, 2.45) is 0 Å². The van der Waals surface area contributed by atoms with Crippen molar-refractivity contribution in [3.05, 3.63) is 35.4 Å². The second kappa shape index (κ2) is 3.75. The molecule has 0 amide bonds. The molecule has 0 aliphatic carbocycles. The summed E-state index contributed by atoms with van der Waals surface area (Å²) in [5, 5.41) is 0. The van der Waals surface area contributed by atoms with Crippen LogP contribution < -0.4 is 0 Å². The molecule has 0 atom stereocenters. The molecule has 0 saturated carbocycles. The van der Waals surface area contributed by atoms with E-state index < -0.39 is 0 Å². The third kappa shape index (κ3) is 2.13. The molecule has 1 aromatic rings. The molecule has 10 heavy (non-hydrogen) atoms. The van der Waals surface area contributed by atoms with E-state index in [-0.39, 0.29) is 0 Å². The Morgan fingerprint density at radius 1 is 1.30 bits per heavy atom. The average Bonchev–Trinajstić information content (AvgIpc) is 1.95. The van der Waals surface area contributed by atoms with Crippen LogP contribution in [0.4, 0.5) is 0 Å². The quantitative estimate of drug-likeness (QED) is 0.634. The van der Waals surface area contributed by atoms with Crippen molar-refractivity contribution >= 4 is 4.73 Å². The SMILES string of the molecule is Cc1ccc(C[CH]=[V])cc1. The molecule has 1 aromatic carbocycles. The Labute approximate surface area is 70.8 Å². The molecule has 0 aromatic heterocycles. The van der Waals surface area contributed by atoms with Crippen molar-refractivity contribution in [1.29, 1.82) is 0 Å². The summed E-state index contributed by atoms with van der Waals surface area (Å²) in [7, 11) is 0. The van der Waals surface area contributed by atoms with Crippen LogP contribution in [0, 0.1) is 6.92 Å². The van der Waals surface area contributed by atoms with Crippen LogP contribution in [0.5, 0.6) is 0 Å². The average molecular weight is 169 g/mol. The third-order valence-corrected chi connectivity index (χ3v) is 1.73. The Kier molecular flexibility index (Phi) is 2.92. The number of aryl methyl sites for hydroxylation is 1. The van der Waals surface area contributed by atoms with Crippen LogP contribution in [0.3, 0.4) is 0 Å². The first-order valence-electron chi connectivity index (χ1n) is 3.34. The van der Waals surface area contributed by atoms with Crippen molar-refractivity contribution < 1.29 is 17.0 Å². The Hall–Kier alpha value is -0.326. The fourth-order valence-corrected chi connectivity index (χ4v) is 1.16. The normalized spacial score (nSPS) is 9.20. The van der Waals surface area contributed by atoms with Crippen LogP contribution in [0.25, 0.3) is 0 Å². The molecule has 0 spiro atoms. The second-order valence-electron chi connectivity index (χ2n) is 2.37. The van der Waals surface area contributed by atoms with Gasteiger partial charge in [-0.05, 0) is 0 Å². The van der Waals surface area contributed by atoms with Crippen LogP contribution in [0.1, 0.15) is 11.1 Å². The topological polar surface area (TPSA) is 0 Å². The first-order valence-corrected chi connectivity index (χ1v) is 4.15. The van der Waals surface area contributed by atoms with Crippen molar-refractivity contribution in [2.75, 3.05) is 0 Å². The third-order valence-electron chi connectivity index (χ3n) is 1.45. The maximum absolute atomic E-state index is 2.48. The van der Waals surface area contributed by atoms with E-state index in [0.717, 1.165) is 6.42 Å². The fourth-order valence-electron chi connectivity index (χ4n) is 0.830. The van der Waals surface area contributed by atoms with Crippen LogP contribution in [-0.4, -0.2) is 4.73 Å². The van der Waals surface area contributed by atoms with Gasteiger partial charge in [0.25, 0.3) is 0 Å². The summed E-state index contributed by atoms with van der Waals surface area (Å²) >= 11 is 2.48. The zero-order valence-electron chi connectivity index (χ0n) is 6.04. The summed E-state index contributed by atoms with van der Waals surface area (Å²) in [4.78, 5) is 0. The summed E-state index contributed by atoms with van der Waals surface area (Å²) in [6.07, 6.45) is 1.06. The van der Waals surface area contributed by atoms with Gasteiger partial charge in [0.05, 0.1) is 0 Å². The predicted octanol–water partition coefficient (Wildman–Crippen LogP) is 1.89. The van der Waals surface area contributed by atoms with E-state index in [1.165, 1.54) is 11.1 Å². The van der Waals surface area contributed by atoms with Crippen molar-refractivity contribution in [1.82, 2.24) is 0 Å². The number of benzene rings is 1. The molecule has 1 rings (SSSR count). The molecule has 0 aliphatic rings. The van der Waals surface area contributed by atoms with E-state index in [2.05, 4.69) is 52.9 Å². The van der Waals surface area contributed by atoms with Gasteiger partial charge in [0.15, 0.2) is 0 Å². The molecule has 0 unspecified atom stereocenters. The van der Waals surface area contributed by atoms with Crippen molar-refractivity contribution in [3.8, 4) is 0 Å². The van der Waals surface area contributed by atoms with Gasteiger partial charge in [-0.2, -0.15) is 0 Å². The van der Waals surface area contributed by atoms with Crippen LogP contribution in [0.15, 0.2) is 24.3 Å². The van der Waals surface area contributed by atoms with Crippen LogP contribution in [-0.2, 0) is 23.4 Å². The van der Waals surface area contributed by atoms with Crippen molar-refractivity contribution in [3.63, 3.8) is 0 Å². The molecule has 0 bridgehead atoms. The Bertz CT molecular complexity index is 211. The standard InChI is InChI=1S/C9H10.V/c1-3-9-6-4-8(2)5-7-9;/h1,4-7H,3H2,2H3;. The fraction of sp³-hybridized carbons (Fsp3) is 0.222. The van der Waals surface area contributed by atoms with Crippen molar-refractivity contribution in [2.45, 2.75) is 13.3 Å². The van der Waals surface area contributed by atoms with Gasteiger partial charge in [0.2, 0.25) is 0 Å². The number of rotatable bonds is 2. The van der Waals surface area contributed by atoms with Gasteiger partial charge < -0.3 is 0 Å². The molecular formula is C9H10V. The molecule has 0 saturated heterocycles. The molecule has 0 radical (unpaired) electrons. The summed E-state index contributed by atoms with van der Waals surface area (Å²) in [5.74, 6) is 0. The summed E-state index contributed by atoms with van der Waals surface area (Å²) < 4.78 is 2.11. The first kappa shape index (κ1) is 7.78. The Morgan fingerprint density at radius 2 is 1.90 bits per heavy atom. The minimum atomic E-state index is 1.06. The molecular weight excluding hydrogens is 159 g/mol. The van der Waals surface area contributed by atoms with E-state index in [9.17, 15) is 0 Å². The Morgan fingerprint density at radius 3 is 2.40 bits per heavy atom. The van der Waals surface area contributed by atoms with Gasteiger partial charge in [0.1, 0.15) is 0 Å². The minimum absolute atomic E-state index is 1.06. The number of hydrogen-bond acceptors (Lipinski definition) is 0. The van der Waals surface area contributed by atoms with Gasteiger partial charge >= 0.3 is 70.4 Å². The van der Waals surface area contributed by atoms with Gasteiger partial charge in [-0.25, -0.2) is 0 Å². The monoisotopic (exact) mass is 169 g/mol. The molecule has 1 heteroatoms. The maximum atomic E-state index is 2.48. The molecule has 51 valence electrons. The van der Waals surface area contributed by atoms with E-state index in [0.29, 0.717) is 0 Å². The molecule has 0 N–H and O–H groups in total. The van der Waals surface area contributed by atoms with Crippen LogP contribution in [0.2, 0.25) is 0 Å². The molecule has 0 heterocycles. The summed E-state index contributed by atoms with van der Waals surface area (Å²) in [6.45, 7) is 2.11. The second-order valence-corrected chi connectivity index (χ2v) is 2.94.